The molecular formula is C16H16ClNOS. The average Bonchev–Trinajstić information content (AvgIpc) is 2.46. The Labute approximate surface area is 128 Å². The molecule has 0 saturated heterocycles. The maximum absolute atomic E-state index is 11.9. The molecule has 20 heavy (non-hydrogen) atoms. The van der Waals surface area contributed by atoms with E-state index in [1.165, 1.54) is 0 Å². The van der Waals surface area contributed by atoms with Gasteiger partial charge in [0.25, 0.3) is 0 Å². The third-order valence-corrected chi connectivity index (χ3v) is 4.03. The fourth-order valence-corrected chi connectivity index (χ4v) is 2.56. The Morgan fingerprint density at radius 2 is 2.00 bits per heavy atom. The van der Waals surface area contributed by atoms with Crippen LogP contribution in [0.15, 0.2) is 53.4 Å². The number of anilines is 1. The van der Waals surface area contributed by atoms with E-state index in [1.54, 1.807) is 11.8 Å². The third-order valence-electron chi connectivity index (χ3n) is 2.93. The van der Waals surface area contributed by atoms with E-state index in [0.29, 0.717) is 17.9 Å². The summed E-state index contributed by atoms with van der Waals surface area (Å²) in [5.41, 5.74) is 1.84. The number of aryl methyl sites for hydroxylation is 1. The smallest absolute Gasteiger partial charge is 0.224 e. The molecule has 1 amide bonds. The Morgan fingerprint density at radius 1 is 1.20 bits per heavy atom. The van der Waals surface area contributed by atoms with E-state index in [9.17, 15) is 4.79 Å². The molecule has 4 heteroatoms. The summed E-state index contributed by atoms with van der Waals surface area (Å²) >= 11 is 7.73. The largest absolute Gasteiger partial charge is 0.326 e. The van der Waals surface area contributed by atoms with Crippen molar-refractivity contribution in [3.05, 3.63) is 59.1 Å². The molecule has 104 valence electrons. The zero-order chi connectivity index (χ0) is 14.4. The molecule has 2 rings (SSSR count). The first kappa shape index (κ1) is 14.9. The van der Waals surface area contributed by atoms with Gasteiger partial charge in [0.2, 0.25) is 5.91 Å². The molecule has 0 atom stereocenters. The van der Waals surface area contributed by atoms with Crippen LogP contribution in [0.4, 0.5) is 5.69 Å². The highest BCUT2D eigenvalue weighted by atomic mass is 35.5. The van der Waals surface area contributed by atoms with Crippen LogP contribution in [0.25, 0.3) is 0 Å². The van der Waals surface area contributed by atoms with Crippen molar-refractivity contribution in [3.63, 3.8) is 0 Å². The van der Waals surface area contributed by atoms with Crippen LogP contribution < -0.4 is 5.32 Å². The maximum Gasteiger partial charge on any atom is 0.224 e. The maximum atomic E-state index is 11.9. The first-order valence-electron chi connectivity index (χ1n) is 6.36. The fourth-order valence-electron chi connectivity index (χ4n) is 1.87. The molecule has 0 heterocycles. The highest BCUT2D eigenvalue weighted by Gasteiger charge is 2.05. The Hall–Kier alpha value is -1.45. The van der Waals surface area contributed by atoms with Gasteiger partial charge in [-0.15, -0.1) is 11.8 Å². The van der Waals surface area contributed by atoms with Gasteiger partial charge in [-0.1, -0.05) is 35.9 Å². The molecule has 0 aliphatic heterocycles. The molecule has 2 aromatic rings. The lowest BCUT2D eigenvalue weighted by molar-refractivity contribution is -0.116. The van der Waals surface area contributed by atoms with Gasteiger partial charge >= 0.3 is 0 Å². The fraction of sp³-hybridized carbons (Fsp3) is 0.188. The van der Waals surface area contributed by atoms with Crippen LogP contribution in [0.1, 0.15) is 12.0 Å². The monoisotopic (exact) mass is 305 g/mol. The zero-order valence-electron chi connectivity index (χ0n) is 11.2. The number of carbonyl (C=O) groups is 1. The Morgan fingerprint density at radius 3 is 2.75 bits per heavy atom. The van der Waals surface area contributed by atoms with Crippen LogP contribution in [0.3, 0.4) is 0 Å². The standard InChI is InChI=1S/C16H16ClNOS/c1-20-14-7-4-6-13(11-14)18-16(19)10-9-12-5-2-3-8-15(12)17/h2-8,11H,9-10H2,1H3,(H,18,19). The molecule has 0 aromatic heterocycles. The van der Waals surface area contributed by atoms with E-state index < -0.39 is 0 Å². The van der Waals surface area contributed by atoms with E-state index in [0.717, 1.165) is 16.1 Å². The van der Waals surface area contributed by atoms with Gasteiger partial charge in [0.05, 0.1) is 0 Å². The van der Waals surface area contributed by atoms with E-state index in [-0.39, 0.29) is 5.91 Å². The lowest BCUT2D eigenvalue weighted by Gasteiger charge is -2.07. The summed E-state index contributed by atoms with van der Waals surface area (Å²) in [6.45, 7) is 0. The molecule has 0 aliphatic rings. The van der Waals surface area contributed by atoms with Crippen molar-refractivity contribution in [1.29, 1.82) is 0 Å². The summed E-state index contributed by atoms with van der Waals surface area (Å²) in [6.07, 6.45) is 3.08. The molecule has 0 unspecified atom stereocenters. The van der Waals surface area contributed by atoms with Crippen molar-refractivity contribution >= 4 is 35.0 Å². The summed E-state index contributed by atoms with van der Waals surface area (Å²) in [5.74, 6) is 0.00294. The number of rotatable bonds is 5. The van der Waals surface area contributed by atoms with Crippen LogP contribution in [0, 0.1) is 0 Å². The van der Waals surface area contributed by atoms with Crippen molar-refractivity contribution < 1.29 is 4.79 Å². The van der Waals surface area contributed by atoms with Crippen LogP contribution in [0.2, 0.25) is 5.02 Å². The molecule has 0 fully saturated rings. The first-order valence-corrected chi connectivity index (χ1v) is 7.96. The number of hydrogen-bond acceptors (Lipinski definition) is 2. The van der Waals surface area contributed by atoms with Gasteiger partial charge in [0.15, 0.2) is 0 Å². The Bertz CT molecular complexity index is 601. The minimum Gasteiger partial charge on any atom is -0.326 e. The van der Waals surface area contributed by atoms with E-state index in [2.05, 4.69) is 5.32 Å². The van der Waals surface area contributed by atoms with Crippen LogP contribution in [-0.4, -0.2) is 12.2 Å². The summed E-state index contributed by atoms with van der Waals surface area (Å²) in [5, 5.41) is 3.62. The first-order chi connectivity index (χ1) is 9.69. The lowest BCUT2D eigenvalue weighted by atomic mass is 10.1. The van der Waals surface area contributed by atoms with Gasteiger partial charge in [0, 0.05) is 22.0 Å². The van der Waals surface area contributed by atoms with Gasteiger partial charge in [-0.3, -0.25) is 4.79 Å². The average molecular weight is 306 g/mol. The van der Waals surface area contributed by atoms with Crippen molar-refractivity contribution in [1.82, 2.24) is 0 Å². The molecular weight excluding hydrogens is 290 g/mol. The summed E-state index contributed by atoms with van der Waals surface area (Å²) in [4.78, 5) is 13.1. The molecule has 2 aromatic carbocycles. The van der Waals surface area contributed by atoms with Crippen molar-refractivity contribution in [2.75, 3.05) is 11.6 Å². The van der Waals surface area contributed by atoms with Gasteiger partial charge in [-0.05, 0) is 42.5 Å². The molecule has 0 saturated carbocycles. The van der Waals surface area contributed by atoms with E-state index in [4.69, 9.17) is 11.6 Å². The number of halogens is 1. The number of carbonyl (C=O) groups excluding carboxylic acids is 1. The number of nitrogens with one attached hydrogen (secondary N) is 1. The molecule has 0 aliphatic carbocycles. The summed E-state index contributed by atoms with van der Waals surface area (Å²) in [7, 11) is 0. The van der Waals surface area contributed by atoms with Crippen molar-refractivity contribution in [3.8, 4) is 0 Å². The second-order valence-electron chi connectivity index (χ2n) is 4.37. The second kappa shape index (κ2) is 7.36. The van der Waals surface area contributed by atoms with Gasteiger partial charge in [-0.2, -0.15) is 0 Å². The molecule has 0 bridgehead atoms. The van der Waals surface area contributed by atoms with Gasteiger partial charge < -0.3 is 5.32 Å². The number of benzene rings is 2. The van der Waals surface area contributed by atoms with Gasteiger partial charge in [0.1, 0.15) is 0 Å². The minimum absolute atomic E-state index is 0.00294. The lowest BCUT2D eigenvalue weighted by Crippen LogP contribution is -2.12. The van der Waals surface area contributed by atoms with Gasteiger partial charge in [-0.25, -0.2) is 0 Å². The topological polar surface area (TPSA) is 29.1 Å². The minimum atomic E-state index is 0.00294. The Kier molecular flexibility index (Phi) is 5.50. The van der Waals surface area contributed by atoms with Crippen molar-refractivity contribution in [2.45, 2.75) is 17.7 Å². The van der Waals surface area contributed by atoms with Crippen LogP contribution in [-0.2, 0) is 11.2 Å². The summed E-state index contributed by atoms with van der Waals surface area (Å²) < 4.78 is 0. The number of amides is 1. The highest BCUT2D eigenvalue weighted by Crippen LogP contribution is 2.20. The Balaban J connectivity index is 1.91. The molecule has 0 radical (unpaired) electrons. The third kappa shape index (κ3) is 4.29. The molecule has 2 nitrogen and oxygen atoms in total. The van der Waals surface area contributed by atoms with Crippen LogP contribution >= 0.6 is 23.4 Å². The highest BCUT2D eigenvalue weighted by molar-refractivity contribution is 7.98. The molecule has 0 spiro atoms. The van der Waals surface area contributed by atoms with E-state index >= 15 is 0 Å². The SMILES string of the molecule is CSc1cccc(NC(=O)CCc2ccccc2Cl)c1. The molecule has 1 N–H and O–H groups in total. The predicted molar refractivity (Wildman–Crippen MR) is 86.6 cm³/mol. The quantitative estimate of drug-likeness (QED) is 0.816. The zero-order valence-corrected chi connectivity index (χ0v) is 12.8. The second-order valence-corrected chi connectivity index (χ2v) is 5.66. The normalized spacial score (nSPS) is 10.3. The predicted octanol–water partition coefficient (Wildman–Crippen LogP) is 4.63. The van der Waals surface area contributed by atoms with Crippen molar-refractivity contribution in [2.24, 2.45) is 0 Å². The summed E-state index contributed by atoms with van der Waals surface area (Å²) in [6, 6.07) is 15.4. The number of thioether (sulfide) groups is 1. The van der Waals surface area contributed by atoms with E-state index in [1.807, 2.05) is 54.8 Å². The van der Waals surface area contributed by atoms with Crippen LogP contribution in [0.5, 0.6) is 0 Å². The number of hydrogen-bond donors (Lipinski definition) is 1.